The lowest BCUT2D eigenvalue weighted by atomic mass is 9.90. The summed E-state index contributed by atoms with van der Waals surface area (Å²) in [5.74, 6) is -0.840. The number of rotatable bonds is 6. The van der Waals surface area contributed by atoms with Gasteiger partial charge < -0.3 is 15.0 Å². The molecule has 2 aromatic rings. The molecule has 2 aromatic carbocycles. The Morgan fingerprint density at radius 1 is 1.17 bits per heavy atom. The summed E-state index contributed by atoms with van der Waals surface area (Å²) in [4.78, 5) is 26.7. The molecule has 0 fully saturated rings. The van der Waals surface area contributed by atoms with Gasteiger partial charge >= 0.3 is 5.97 Å². The smallest absolute Gasteiger partial charge is 0.313 e. The van der Waals surface area contributed by atoms with Crippen LogP contribution in [0.5, 0.6) is 0 Å². The van der Waals surface area contributed by atoms with E-state index in [1.807, 2.05) is 29.2 Å². The highest BCUT2D eigenvalue weighted by Crippen LogP contribution is 2.35. The normalized spacial score (nSPS) is 16.1. The Morgan fingerprint density at radius 3 is 2.52 bits per heavy atom. The topological polar surface area (TPSA) is 119 Å². The van der Waals surface area contributed by atoms with Gasteiger partial charge in [0.2, 0.25) is 15.9 Å². The van der Waals surface area contributed by atoms with Crippen LogP contribution in [0.2, 0.25) is 0 Å². The minimum Gasteiger partial charge on any atom is -0.466 e. The molecule has 0 radical (unpaired) electrons. The minimum atomic E-state index is -3.78. The fourth-order valence-electron chi connectivity index (χ4n) is 3.38. The fraction of sp³-hybridized carbons (Fsp3) is 0.300. The Labute approximate surface area is 169 Å². The molecule has 0 saturated carbocycles. The maximum absolute atomic E-state index is 12.5. The van der Waals surface area contributed by atoms with Crippen molar-refractivity contribution in [3.05, 3.63) is 54.1 Å². The maximum Gasteiger partial charge on any atom is 0.313 e. The molecule has 0 bridgehead atoms. The Balaban J connectivity index is 1.70. The highest BCUT2D eigenvalue weighted by molar-refractivity contribution is 7.89. The first kappa shape index (κ1) is 20.8. The van der Waals surface area contributed by atoms with Gasteiger partial charge in [0, 0.05) is 17.9 Å². The van der Waals surface area contributed by atoms with Crippen molar-refractivity contribution in [2.24, 2.45) is 5.14 Å². The van der Waals surface area contributed by atoms with Crippen LogP contribution in [-0.4, -0.2) is 40.0 Å². The van der Waals surface area contributed by atoms with Gasteiger partial charge in [0.1, 0.15) is 0 Å². The average Bonchev–Trinajstić information content (AvgIpc) is 2.68. The van der Waals surface area contributed by atoms with Gasteiger partial charge in [-0.05, 0) is 49.2 Å². The van der Waals surface area contributed by atoms with E-state index in [1.54, 1.807) is 6.92 Å². The molecule has 1 aliphatic rings. The predicted molar refractivity (Wildman–Crippen MR) is 109 cm³/mol. The number of primary sulfonamides is 1. The lowest BCUT2D eigenvalue weighted by molar-refractivity contribution is -0.145. The summed E-state index contributed by atoms with van der Waals surface area (Å²) < 4.78 is 27.8. The number of nitrogens with zero attached hydrogens (tertiary/aromatic N) is 1. The summed E-state index contributed by atoms with van der Waals surface area (Å²) in [7, 11) is -3.78. The number of carbonyl (C=O) groups excluding carboxylic acids is 2. The summed E-state index contributed by atoms with van der Waals surface area (Å²) in [6.45, 7) is 2.74. The molecule has 154 valence electrons. The number of ether oxygens (including phenoxy) is 1. The average molecular weight is 417 g/mol. The lowest BCUT2D eigenvalue weighted by Crippen LogP contribution is -2.39. The molecular weight excluding hydrogens is 394 g/mol. The number of esters is 1. The number of hydrogen-bond donors (Lipinski definition) is 2. The number of anilines is 2. The fourth-order valence-corrected chi connectivity index (χ4v) is 3.90. The molecule has 0 aromatic heterocycles. The zero-order valence-electron chi connectivity index (χ0n) is 16.0. The quantitative estimate of drug-likeness (QED) is 0.692. The SMILES string of the molecule is CCOC(=O)[C@@H]1CCN(CC(=O)Nc2ccc(S(N)(=O)=O)cc2)c2ccccc21. The van der Waals surface area contributed by atoms with Crippen LogP contribution in [0, 0.1) is 0 Å². The molecule has 8 nitrogen and oxygen atoms in total. The van der Waals surface area contributed by atoms with Crippen molar-refractivity contribution in [3.8, 4) is 0 Å². The molecule has 0 saturated heterocycles. The van der Waals surface area contributed by atoms with Gasteiger partial charge in [0.25, 0.3) is 0 Å². The van der Waals surface area contributed by atoms with Gasteiger partial charge in [0.05, 0.1) is 24.0 Å². The van der Waals surface area contributed by atoms with E-state index >= 15 is 0 Å². The number of fused-ring (bicyclic) bond motifs is 1. The van der Waals surface area contributed by atoms with Gasteiger partial charge in [-0.2, -0.15) is 0 Å². The molecule has 1 atom stereocenters. The summed E-state index contributed by atoms with van der Waals surface area (Å²) in [6, 6.07) is 13.1. The first-order valence-electron chi connectivity index (χ1n) is 9.23. The molecule has 9 heteroatoms. The summed E-state index contributed by atoms with van der Waals surface area (Å²) in [5, 5.41) is 7.82. The molecule has 1 heterocycles. The number of nitrogens with two attached hydrogens (primary N) is 1. The Kier molecular flexibility index (Phi) is 6.19. The van der Waals surface area contributed by atoms with E-state index in [4.69, 9.17) is 9.88 Å². The molecule has 1 aliphatic heterocycles. The van der Waals surface area contributed by atoms with Crippen LogP contribution in [0.15, 0.2) is 53.4 Å². The van der Waals surface area contributed by atoms with Crippen molar-refractivity contribution in [2.45, 2.75) is 24.2 Å². The molecule has 3 rings (SSSR count). The Hall–Kier alpha value is -2.91. The highest BCUT2D eigenvalue weighted by atomic mass is 32.2. The largest absolute Gasteiger partial charge is 0.466 e. The zero-order valence-corrected chi connectivity index (χ0v) is 16.8. The van der Waals surface area contributed by atoms with Crippen molar-refractivity contribution >= 4 is 33.3 Å². The van der Waals surface area contributed by atoms with Crippen LogP contribution >= 0.6 is 0 Å². The summed E-state index contributed by atoms with van der Waals surface area (Å²) in [5.41, 5.74) is 2.15. The number of sulfonamides is 1. The molecule has 1 amide bonds. The van der Waals surface area contributed by atoms with Crippen LogP contribution in [0.1, 0.15) is 24.8 Å². The van der Waals surface area contributed by atoms with Crippen LogP contribution in [0.25, 0.3) is 0 Å². The van der Waals surface area contributed by atoms with Gasteiger partial charge in [0.15, 0.2) is 0 Å². The number of benzene rings is 2. The second-order valence-corrected chi connectivity index (χ2v) is 8.25. The first-order valence-corrected chi connectivity index (χ1v) is 10.8. The van der Waals surface area contributed by atoms with E-state index in [9.17, 15) is 18.0 Å². The van der Waals surface area contributed by atoms with E-state index in [0.29, 0.717) is 25.3 Å². The molecule has 0 unspecified atom stereocenters. The molecule has 0 spiro atoms. The van der Waals surface area contributed by atoms with Gasteiger partial charge in [-0.1, -0.05) is 18.2 Å². The third-order valence-electron chi connectivity index (χ3n) is 4.71. The summed E-state index contributed by atoms with van der Waals surface area (Å²) >= 11 is 0. The monoisotopic (exact) mass is 417 g/mol. The standard InChI is InChI=1S/C20H23N3O5S/c1-2-28-20(25)17-11-12-23(18-6-4-3-5-16(17)18)13-19(24)22-14-7-9-15(10-8-14)29(21,26)27/h3-10,17H,2,11-13H2,1H3,(H,22,24)(H2,21,26,27)/t17-/m1/s1. The van der Waals surface area contributed by atoms with E-state index < -0.39 is 10.0 Å². The third kappa shape index (κ3) is 4.93. The van der Waals surface area contributed by atoms with Crippen LogP contribution < -0.4 is 15.4 Å². The van der Waals surface area contributed by atoms with Crippen molar-refractivity contribution in [1.82, 2.24) is 0 Å². The maximum atomic E-state index is 12.5. The van der Waals surface area contributed by atoms with E-state index in [0.717, 1.165) is 11.3 Å². The number of para-hydroxylation sites is 1. The number of amides is 1. The van der Waals surface area contributed by atoms with Crippen molar-refractivity contribution in [1.29, 1.82) is 0 Å². The number of carbonyl (C=O) groups is 2. The van der Waals surface area contributed by atoms with Crippen LogP contribution in [0.4, 0.5) is 11.4 Å². The minimum absolute atomic E-state index is 0.0227. The van der Waals surface area contributed by atoms with Crippen molar-refractivity contribution < 1.29 is 22.7 Å². The molecule has 0 aliphatic carbocycles. The van der Waals surface area contributed by atoms with Crippen molar-refractivity contribution in [3.63, 3.8) is 0 Å². The van der Waals surface area contributed by atoms with E-state index in [2.05, 4.69) is 5.32 Å². The first-order chi connectivity index (χ1) is 13.8. The van der Waals surface area contributed by atoms with E-state index in [1.165, 1.54) is 24.3 Å². The van der Waals surface area contributed by atoms with E-state index in [-0.39, 0.29) is 29.2 Å². The number of hydrogen-bond acceptors (Lipinski definition) is 6. The third-order valence-corrected chi connectivity index (χ3v) is 5.64. The van der Waals surface area contributed by atoms with Gasteiger partial charge in [-0.15, -0.1) is 0 Å². The second-order valence-electron chi connectivity index (χ2n) is 6.69. The summed E-state index contributed by atoms with van der Waals surface area (Å²) in [6.07, 6.45) is 0.562. The number of nitrogens with one attached hydrogen (secondary N) is 1. The van der Waals surface area contributed by atoms with Crippen LogP contribution in [-0.2, 0) is 24.3 Å². The van der Waals surface area contributed by atoms with Gasteiger partial charge in [-0.25, -0.2) is 13.6 Å². The molecule has 29 heavy (non-hydrogen) atoms. The Bertz CT molecular complexity index is 1010. The van der Waals surface area contributed by atoms with Crippen LogP contribution in [0.3, 0.4) is 0 Å². The zero-order chi connectivity index (χ0) is 21.0. The van der Waals surface area contributed by atoms with Gasteiger partial charge in [-0.3, -0.25) is 9.59 Å². The molecular formula is C20H23N3O5S. The van der Waals surface area contributed by atoms with Crippen molar-refractivity contribution in [2.75, 3.05) is 29.9 Å². The lowest BCUT2D eigenvalue weighted by Gasteiger charge is -2.34. The second kappa shape index (κ2) is 8.62. The predicted octanol–water partition coefficient (Wildman–Crippen LogP) is 1.83. The highest BCUT2D eigenvalue weighted by Gasteiger charge is 2.31. The molecule has 3 N–H and O–H groups in total. The Morgan fingerprint density at radius 2 is 1.86 bits per heavy atom.